The standard InChI is InChI=1S/C11H13F3N4/c1-17-5-8-2-7(17)6-18(8)10-4-15-3-9(16-10)11(12,13)14/h3-4,7-8H,2,5-6H2,1H3. The quantitative estimate of drug-likeness (QED) is 0.762. The molecule has 2 bridgehead atoms. The third-order valence-corrected chi connectivity index (χ3v) is 3.72. The van der Waals surface area contributed by atoms with E-state index in [2.05, 4.69) is 14.9 Å². The number of likely N-dealkylation sites (N-methyl/N-ethyl adjacent to an activating group) is 1. The number of likely N-dealkylation sites (tertiary alicyclic amines) is 1. The second kappa shape index (κ2) is 3.81. The summed E-state index contributed by atoms with van der Waals surface area (Å²) in [4.78, 5) is 11.5. The normalized spacial score (nSPS) is 28.1. The van der Waals surface area contributed by atoms with E-state index in [0.717, 1.165) is 25.7 Å². The lowest BCUT2D eigenvalue weighted by Gasteiger charge is -2.32. The van der Waals surface area contributed by atoms with Crippen LogP contribution in [0.25, 0.3) is 0 Å². The van der Waals surface area contributed by atoms with Crippen molar-refractivity contribution in [1.82, 2.24) is 14.9 Å². The molecule has 4 nitrogen and oxygen atoms in total. The van der Waals surface area contributed by atoms with Crippen molar-refractivity contribution in [2.24, 2.45) is 0 Å². The molecule has 0 radical (unpaired) electrons. The predicted octanol–water partition coefficient (Wildman–Crippen LogP) is 1.39. The maximum absolute atomic E-state index is 12.6. The highest BCUT2D eigenvalue weighted by Crippen LogP contribution is 2.34. The molecule has 2 aliphatic rings. The van der Waals surface area contributed by atoms with Crippen molar-refractivity contribution in [3.63, 3.8) is 0 Å². The molecule has 0 aliphatic carbocycles. The number of hydrogen-bond donors (Lipinski definition) is 0. The van der Waals surface area contributed by atoms with Crippen molar-refractivity contribution in [3.05, 3.63) is 18.1 Å². The van der Waals surface area contributed by atoms with Gasteiger partial charge in [-0.2, -0.15) is 13.2 Å². The Labute approximate surface area is 102 Å². The number of hydrogen-bond acceptors (Lipinski definition) is 4. The van der Waals surface area contributed by atoms with E-state index in [4.69, 9.17) is 0 Å². The number of fused-ring (bicyclic) bond motifs is 2. The van der Waals surface area contributed by atoms with E-state index in [9.17, 15) is 13.2 Å². The van der Waals surface area contributed by atoms with Crippen LogP contribution in [0.5, 0.6) is 0 Å². The zero-order valence-corrected chi connectivity index (χ0v) is 9.85. The molecule has 1 aromatic rings. The lowest BCUT2D eigenvalue weighted by molar-refractivity contribution is -0.141. The van der Waals surface area contributed by atoms with Crippen LogP contribution in [0.4, 0.5) is 19.0 Å². The van der Waals surface area contributed by atoms with Crippen molar-refractivity contribution in [3.8, 4) is 0 Å². The predicted molar refractivity (Wildman–Crippen MR) is 59.2 cm³/mol. The fourth-order valence-corrected chi connectivity index (χ4v) is 2.78. The van der Waals surface area contributed by atoms with Crippen LogP contribution < -0.4 is 4.90 Å². The first-order valence-corrected chi connectivity index (χ1v) is 5.81. The van der Waals surface area contributed by atoms with Crippen LogP contribution in [-0.2, 0) is 6.18 Å². The maximum Gasteiger partial charge on any atom is 0.434 e. The third kappa shape index (κ3) is 1.82. The van der Waals surface area contributed by atoms with Crippen LogP contribution in [0.3, 0.4) is 0 Å². The molecule has 2 unspecified atom stereocenters. The Bertz CT molecular complexity index is 460. The summed E-state index contributed by atoms with van der Waals surface area (Å²) in [5.41, 5.74) is -0.920. The molecule has 0 aromatic carbocycles. The number of alkyl halides is 3. The monoisotopic (exact) mass is 258 g/mol. The molecule has 2 aliphatic heterocycles. The van der Waals surface area contributed by atoms with E-state index in [1.807, 2.05) is 11.9 Å². The van der Waals surface area contributed by atoms with Crippen LogP contribution in [0.1, 0.15) is 12.1 Å². The van der Waals surface area contributed by atoms with Crippen LogP contribution >= 0.6 is 0 Å². The minimum absolute atomic E-state index is 0.262. The number of rotatable bonds is 1. The van der Waals surface area contributed by atoms with E-state index in [1.54, 1.807) is 0 Å². The number of piperazine rings is 1. The molecule has 7 heteroatoms. The Hall–Kier alpha value is -1.37. The fraction of sp³-hybridized carbons (Fsp3) is 0.636. The molecule has 3 rings (SSSR count). The molecule has 2 atom stereocenters. The molecule has 98 valence electrons. The van der Waals surface area contributed by atoms with Gasteiger partial charge in [-0.15, -0.1) is 0 Å². The maximum atomic E-state index is 12.6. The van der Waals surface area contributed by atoms with Crippen molar-refractivity contribution >= 4 is 5.82 Å². The minimum atomic E-state index is -4.43. The van der Waals surface area contributed by atoms with E-state index in [1.165, 1.54) is 6.20 Å². The SMILES string of the molecule is CN1CC2CC1CN2c1cncc(C(F)(F)F)n1. The zero-order valence-electron chi connectivity index (χ0n) is 9.85. The van der Waals surface area contributed by atoms with Crippen LogP contribution in [-0.4, -0.2) is 47.1 Å². The highest BCUT2D eigenvalue weighted by molar-refractivity contribution is 5.42. The first-order valence-electron chi connectivity index (χ1n) is 5.81. The molecule has 2 saturated heterocycles. The largest absolute Gasteiger partial charge is 0.434 e. The molecule has 0 spiro atoms. The zero-order chi connectivity index (χ0) is 12.9. The van der Waals surface area contributed by atoms with Crippen LogP contribution in [0.2, 0.25) is 0 Å². The molecular formula is C11H13F3N4. The third-order valence-electron chi connectivity index (χ3n) is 3.72. The van der Waals surface area contributed by atoms with Gasteiger partial charge in [0, 0.05) is 25.2 Å². The second-order valence-corrected chi connectivity index (χ2v) is 4.90. The fourth-order valence-electron chi connectivity index (χ4n) is 2.78. The van der Waals surface area contributed by atoms with Gasteiger partial charge in [0.1, 0.15) is 5.82 Å². The van der Waals surface area contributed by atoms with Gasteiger partial charge in [0.2, 0.25) is 0 Å². The Balaban J connectivity index is 1.86. The van der Waals surface area contributed by atoms with E-state index in [0.29, 0.717) is 11.9 Å². The minimum Gasteiger partial charge on any atom is -0.349 e. The average Bonchev–Trinajstić information content (AvgIpc) is 2.86. The number of aromatic nitrogens is 2. The number of halogens is 3. The van der Waals surface area contributed by atoms with E-state index in [-0.39, 0.29) is 6.04 Å². The molecule has 0 amide bonds. The summed E-state index contributed by atoms with van der Waals surface area (Å²) < 4.78 is 37.7. The van der Waals surface area contributed by atoms with Gasteiger partial charge in [-0.05, 0) is 13.5 Å². The van der Waals surface area contributed by atoms with Gasteiger partial charge < -0.3 is 4.90 Å². The average molecular weight is 258 g/mol. The lowest BCUT2D eigenvalue weighted by Crippen LogP contribution is -2.45. The van der Waals surface area contributed by atoms with Crippen molar-refractivity contribution in [2.45, 2.75) is 24.7 Å². The molecule has 18 heavy (non-hydrogen) atoms. The van der Waals surface area contributed by atoms with Crippen molar-refractivity contribution in [1.29, 1.82) is 0 Å². The van der Waals surface area contributed by atoms with Gasteiger partial charge in [0.05, 0.1) is 12.4 Å². The van der Waals surface area contributed by atoms with Crippen LogP contribution in [0.15, 0.2) is 12.4 Å². The van der Waals surface area contributed by atoms with Gasteiger partial charge >= 0.3 is 6.18 Å². The van der Waals surface area contributed by atoms with Crippen LogP contribution in [0, 0.1) is 0 Å². The first kappa shape index (κ1) is 11.7. The Morgan fingerprint density at radius 2 is 2.00 bits per heavy atom. The Kier molecular flexibility index (Phi) is 2.48. The summed E-state index contributed by atoms with van der Waals surface area (Å²) in [6.07, 6.45) is -1.26. The molecule has 1 aromatic heterocycles. The van der Waals surface area contributed by atoms with Gasteiger partial charge in [0.15, 0.2) is 5.69 Å². The lowest BCUT2D eigenvalue weighted by atomic mass is 10.2. The van der Waals surface area contributed by atoms with Gasteiger partial charge in [-0.3, -0.25) is 9.88 Å². The highest BCUT2D eigenvalue weighted by atomic mass is 19.4. The molecule has 0 saturated carbocycles. The Morgan fingerprint density at radius 1 is 1.22 bits per heavy atom. The summed E-state index contributed by atoms with van der Waals surface area (Å²) in [7, 11) is 2.04. The van der Waals surface area contributed by atoms with Crippen molar-refractivity contribution in [2.75, 3.05) is 25.0 Å². The molecule has 0 N–H and O–H groups in total. The molecule has 3 heterocycles. The number of anilines is 1. The summed E-state index contributed by atoms with van der Waals surface area (Å²) in [6, 6.07) is 0.684. The Morgan fingerprint density at radius 3 is 2.56 bits per heavy atom. The van der Waals surface area contributed by atoms with Gasteiger partial charge in [-0.25, -0.2) is 4.98 Å². The summed E-state index contributed by atoms with van der Waals surface area (Å²) in [5, 5.41) is 0. The van der Waals surface area contributed by atoms with E-state index < -0.39 is 11.9 Å². The van der Waals surface area contributed by atoms with Gasteiger partial charge in [0.25, 0.3) is 0 Å². The van der Waals surface area contributed by atoms with E-state index >= 15 is 0 Å². The van der Waals surface area contributed by atoms with Crippen molar-refractivity contribution < 1.29 is 13.2 Å². The second-order valence-electron chi connectivity index (χ2n) is 4.90. The summed E-state index contributed by atoms with van der Waals surface area (Å²) >= 11 is 0. The molecule has 2 fully saturated rings. The molecular weight excluding hydrogens is 245 g/mol. The topological polar surface area (TPSA) is 32.3 Å². The number of nitrogens with zero attached hydrogens (tertiary/aromatic N) is 4. The highest BCUT2D eigenvalue weighted by Gasteiger charge is 2.42. The summed E-state index contributed by atoms with van der Waals surface area (Å²) in [6.45, 7) is 1.61. The smallest absolute Gasteiger partial charge is 0.349 e. The summed E-state index contributed by atoms with van der Waals surface area (Å²) in [5.74, 6) is 0.338. The van der Waals surface area contributed by atoms with Gasteiger partial charge in [-0.1, -0.05) is 0 Å². The first-order chi connectivity index (χ1) is 8.45.